The summed E-state index contributed by atoms with van der Waals surface area (Å²) in [5.74, 6) is 0.320. The zero-order chi connectivity index (χ0) is 13.8. The van der Waals surface area contributed by atoms with Crippen LogP contribution in [-0.4, -0.2) is 16.1 Å². The van der Waals surface area contributed by atoms with Gasteiger partial charge in [-0.2, -0.15) is 0 Å². The van der Waals surface area contributed by atoms with Crippen molar-refractivity contribution in [2.75, 3.05) is 0 Å². The van der Waals surface area contributed by atoms with E-state index >= 15 is 0 Å². The van der Waals surface area contributed by atoms with Gasteiger partial charge in [0.15, 0.2) is 0 Å². The first-order valence-electron chi connectivity index (χ1n) is 5.65. The standard InChI is InChI=1S/C14H12BrNO3/c1-9-6-11(15)8-16-14(9)19-12-4-2-10(3-5-12)7-13(17)18/h2-6,8H,7H2,1H3,(H,17,18). The highest BCUT2D eigenvalue weighted by Gasteiger charge is 2.05. The predicted octanol–water partition coefficient (Wildman–Crippen LogP) is 3.57. The second-order valence-electron chi connectivity index (χ2n) is 4.09. The second kappa shape index (κ2) is 5.84. The number of nitrogens with zero attached hydrogens (tertiary/aromatic N) is 1. The minimum Gasteiger partial charge on any atom is -0.481 e. The van der Waals surface area contributed by atoms with Crippen LogP contribution in [0.3, 0.4) is 0 Å². The van der Waals surface area contributed by atoms with Crippen molar-refractivity contribution in [3.8, 4) is 11.6 Å². The first kappa shape index (κ1) is 13.5. The summed E-state index contributed by atoms with van der Waals surface area (Å²) in [5.41, 5.74) is 1.66. The first-order chi connectivity index (χ1) is 9.04. The van der Waals surface area contributed by atoms with Gasteiger partial charge in [-0.3, -0.25) is 4.79 Å². The van der Waals surface area contributed by atoms with E-state index in [0.717, 1.165) is 15.6 Å². The van der Waals surface area contributed by atoms with Crippen LogP contribution in [0.1, 0.15) is 11.1 Å². The molecule has 0 aliphatic carbocycles. The van der Waals surface area contributed by atoms with Crippen molar-refractivity contribution in [2.45, 2.75) is 13.3 Å². The third-order valence-electron chi connectivity index (χ3n) is 2.49. The number of benzene rings is 1. The lowest BCUT2D eigenvalue weighted by Gasteiger charge is -2.08. The van der Waals surface area contributed by atoms with Gasteiger partial charge in [0.2, 0.25) is 5.88 Å². The van der Waals surface area contributed by atoms with Crippen molar-refractivity contribution >= 4 is 21.9 Å². The maximum absolute atomic E-state index is 10.6. The largest absolute Gasteiger partial charge is 0.481 e. The Labute approximate surface area is 119 Å². The average molecular weight is 322 g/mol. The summed E-state index contributed by atoms with van der Waals surface area (Å²) in [6.07, 6.45) is 1.68. The number of aromatic nitrogens is 1. The summed E-state index contributed by atoms with van der Waals surface area (Å²) in [6.45, 7) is 1.91. The summed E-state index contributed by atoms with van der Waals surface area (Å²) in [5, 5.41) is 8.69. The lowest BCUT2D eigenvalue weighted by atomic mass is 10.1. The van der Waals surface area contributed by atoms with Crippen molar-refractivity contribution in [3.63, 3.8) is 0 Å². The van der Waals surface area contributed by atoms with E-state index < -0.39 is 5.97 Å². The zero-order valence-corrected chi connectivity index (χ0v) is 11.8. The maximum Gasteiger partial charge on any atom is 0.307 e. The highest BCUT2D eigenvalue weighted by atomic mass is 79.9. The smallest absolute Gasteiger partial charge is 0.307 e. The van der Waals surface area contributed by atoms with E-state index in [1.54, 1.807) is 30.5 Å². The number of aliphatic carboxylic acids is 1. The molecule has 5 heteroatoms. The van der Waals surface area contributed by atoms with Gasteiger partial charge >= 0.3 is 5.97 Å². The molecule has 1 N–H and O–H groups in total. The lowest BCUT2D eigenvalue weighted by molar-refractivity contribution is -0.136. The molecule has 0 saturated heterocycles. The Morgan fingerprint density at radius 2 is 2.05 bits per heavy atom. The van der Waals surface area contributed by atoms with Gasteiger partial charge in [-0.1, -0.05) is 12.1 Å². The zero-order valence-electron chi connectivity index (χ0n) is 10.3. The van der Waals surface area contributed by atoms with E-state index in [2.05, 4.69) is 20.9 Å². The fourth-order valence-corrected chi connectivity index (χ4v) is 2.04. The van der Waals surface area contributed by atoms with Crippen LogP contribution in [0.15, 0.2) is 41.0 Å². The van der Waals surface area contributed by atoms with Crippen molar-refractivity contribution in [1.82, 2.24) is 4.98 Å². The van der Waals surface area contributed by atoms with Gasteiger partial charge in [0.1, 0.15) is 5.75 Å². The molecule has 0 unspecified atom stereocenters. The number of aryl methyl sites for hydroxylation is 1. The van der Waals surface area contributed by atoms with Crippen LogP contribution in [0.25, 0.3) is 0 Å². The number of hydrogen-bond donors (Lipinski definition) is 1. The van der Waals surface area contributed by atoms with Gasteiger partial charge in [0.05, 0.1) is 6.42 Å². The Morgan fingerprint density at radius 3 is 2.63 bits per heavy atom. The number of ether oxygens (including phenoxy) is 1. The number of carbonyl (C=O) groups is 1. The van der Waals surface area contributed by atoms with Crippen LogP contribution in [0, 0.1) is 6.92 Å². The molecule has 98 valence electrons. The van der Waals surface area contributed by atoms with Gasteiger partial charge in [-0.15, -0.1) is 0 Å². The van der Waals surface area contributed by atoms with E-state index in [1.807, 2.05) is 13.0 Å². The molecule has 2 aromatic rings. The Bertz CT molecular complexity index is 596. The molecule has 19 heavy (non-hydrogen) atoms. The molecule has 0 bridgehead atoms. The molecule has 4 nitrogen and oxygen atoms in total. The van der Waals surface area contributed by atoms with E-state index in [-0.39, 0.29) is 6.42 Å². The van der Waals surface area contributed by atoms with Crippen LogP contribution >= 0.6 is 15.9 Å². The van der Waals surface area contributed by atoms with Gasteiger partial charge in [0.25, 0.3) is 0 Å². The van der Waals surface area contributed by atoms with Crippen molar-refractivity contribution < 1.29 is 14.6 Å². The molecule has 1 aromatic heterocycles. The third kappa shape index (κ3) is 3.79. The van der Waals surface area contributed by atoms with Crippen LogP contribution in [0.2, 0.25) is 0 Å². The molecular formula is C14H12BrNO3. The molecule has 0 amide bonds. The average Bonchev–Trinajstić information content (AvgIpc) is 2.34. The van der Waals surface area contributed by atoms with E-state index in [1.165, 1.54) is 0 Å². The summed E-state index contributed by atoms with van der Waals surface area (Å²) >= 11 is 3.34. The van der Waals surface area contributed by atoms with Crippen LogP contribution in [0.4, 0.5) is 0 Å². The van der Waals surface area contributed by atoms with Gasteiger partial charge in [-0.05, 0) is 46.6 Å². The lowest BCUT2D eigenvalue weighted by Crippen LogP contribution is -1.99. The maximum atomic E-state index is 10.6. The highest BCUT2D eigenvalue weighted by Crippen LogP contribution is 2.25. The normalized spacial score (nSPS) is 10.2. The number of hydrogen-bond acceptors (Lipinski definition) is 3. The number of halogens is 1. The summed E-state index contributed by atoms with van der Waals surface area (Å²) in [4.78, 5) is 14.8. The molecule has 0 saturated carbocycles. The van der Waals surface area contributed by atoms with E-state index in [4.69, 9.17) is 9.84 Å². The molecule has 0 fully saturated rings. The number of pyridine rings is 1. The molecule has 0 spiro atoms. The number of carboxylic acid groups (broad SMARTS) is 1. The van der Waals surface area contributed by atoms with Gasteiger partial charge < -0.3 is 9.84 Å². The van der Waals surface area contributed by atoms with Crippen LogP contribution < -0.4 is 4.74 Å². The fourth-order valence-electron chi connectivity index (χ4n) is 1.60. The monoisotopic (exact) mass is 321 g/mol. The molecule has 1 heterocycles. The Hall–Kier alpha value is -1.88. The minimum absolute atomic E-state index is 0.00976. The molecule has 0 aliphatic heterocycles. The molecule has 0 aliphatic rings. The topological polar surface area (TPSA) is 59.4 Å². The Morgan fingerprint density at radius 1 is 1.37 bits per heavy atom. The first-order valence-corrected chi connectivity index (χ1v) is 6.44. The van der Waals surface area contributed by atoms with Gasteiger partial charge in [0, 0.05) is 16.2 Å². The molecule has 1 aromatic carbocycles. The fraction of sp³-hybridized carbons (Fsp3) is 0.143. The molecule has 2 rings (SSSR count). The Kier molecular flexibility index (Phi) is 4.16. The molecule has 0 atom stereocenters. The molecule has 0 radical (unpaired) electrons. The van der Waals surface area contributed by atoms with Crippen LogP contribution in [-0.2, 0) is 11.2 Å². The Balaban J connectivity index is 2.13. The van der Waals surface area contributed by atoms with Crippen molar-refractivity contribution in [3.05, 3.63) is 52.1 Å². The minimum atomic E-state index is -0.848. The van der Waals surface area contributed by atoms with E-state index in [9.17, 15) is 4.79 Å². The highest BCUT2D eigenvalue weighted by molar-refractivity contribution is 9.10. The SMILES string of the molecule is Cc1cc(Br)cnc1Oc1ccc(CC(=O)O)cc1. The second-order valence-corrected chi connectivity index (χ2v) is 5.01. The summed E-state index contributed by atoms with van der Waals surface area (Å²) in [6, 6.07) is 8.86. The summed E-state index contributed by atoms with van der Waals surface area (Å²) < 4.78 is 6.54. The van der Waals surface area contributed by atoms with E-state index in [0.29, 0.717) is 11.6 Å². The third-order valence-corrected chi connectivity index (χ3v) is 2.92. The van der Waals surface area contributed by atoms with Crippen molar-refractivity contribution in [1.29, 1.82) is 0 Å². The van der Waals surface area contributed by atoms with Crippen molar-refractivity contribution in [2.24, 2.45) is 0 Å². The van der Waals surface area contributed by atoms with Crippen LogP contribution in [0.5, 0.6) is 11.6 Å². The molecular weight excluding hydrogens is 310 g/mol. The number of rotatable bonds is 4. The number of carboxylic acids is 1. The van der Waals surface area contributed by atoms with Gasteiger partial charge in [-0.25, -0.2) is 4.98 Å². The quantitative estimate of drug-likeness (QED) is 0.935. The summed E-state index contributed by atoms with van der Waals surface area (Å²) in [7, 11) is 0. The predicted molar refractivity (Wildman–Crippen MR) is 74.5 cm³/mol.